The molecular weight excluding hydrogens is 447 g/mol. The van der Waals surface area contributed by atoms with Crippen molar-refractivity contribution in [3.8, 4) is 0 Å². The molecule has 2 fully saturated rings. The number of carbonyl (C=O) groups is 4. The zero-order valence-electron chi connectivity index (χ0n) is 16.5. The molecule has 1 aromatic heterocycles. The van der Waals surface area contributed by atoms with Crippen LogP contribution in [-0.2, 0) is 23.9 Å². The molecule has 2 aliphatic rings. The summed E-state index contributed by atoms with van der Waals surface area (Å²) >= 11 is 4.02. The molecule has 2 unspecified atom stereocenters. The number of thiophene rings is 1. The molecule has 0 radical (unpaired) electrons. The van der Waals surface area contributed by atoms with Gasteiger partial charge in [-0.05, 0) is 23.8 Å². The van der Waals surface area contributed by atoms with Crippen molar-refractivity contribution in [1.82, 2.24) is 4.90 Å². The first kappa shape index (κ1) is 24.5. The number of esters is 1. The Morgan fingerprint density at radius 2 is 2.10 bits per heavy atom. The molecule has 0 bridgehead atoms. The Balaban J connectivity index is 0.00000300. The Hall–Kier alpha value is -0.720. The molecule has 8 nitrogen and oxygen atoms in total. The van der Waals surface area contributed by atoms with Gasteiger partial charge in [0.1, 0.15) is 6.61 Å². The maximum Gasteiger partial charge on any atom is 1.00 e. The third-order valence-corrected chi connectivity index (χ3v) is 9.16. The van der Waals surface area contributed by atoms with Gasteiger partial charge >= 0.3 is 35.5 Å². The van der Waals surface area contributed by atoms with Crippen molar-refractivity contribution in [3.63, 3.8) is 0 Å². The number of carboxylic acids is 1. The Labute approximate surface area is 203 Å². The van der Waals surface area contributed by atoms with Gasteiger partial charge in [0.15, 0.2) is 10.2 Å². The maximum atomic E-state index is 13.0. The minimum atomic E-state index is -1.49. The zero-order chi connectivity index (χ0) is 20.7. The molecule has 152 valence electrons. The van der Waals surface area contributed by atoms with Crippen molar-refractivity contribution in [2.75, 3.05) is 30.1 Å². The van der Waals surface area contributed by atoms with E-state index in [9.17, 15) is 24.3 Å². The van der Waals surface area contributed by atoms with Crippen molar-refractivity contribution >= 4 is 63.6 Å². The molecule has 0 spiro atoms. The molecule has 0 saturated carbocycles. The average Bonchev–Trinajstić information content (AvgIpc) is 3.17. The molecule has 1 aromatic rings. The van der Waals surface area contributed by atoms with Gasteiger partial charge in [-0.3, -0.25) is 19.3 Å². The number of carbonyl (C=O) groups excluding carboxylic acids is 4. The fraction of sp³-hybridized carbons (Fsp3) is 0.529. The van der Waals surface area contributed by atoms with E-state index in [1.165, 1.54) is 58.5 Å². The third-order valence-electron chi connectivity index (χ3n) is 4.86. The maximum absolute atomic E-state index is 13.0. The third kappa shape index (κ3) is 4.09. The summed E-state index contributed by atoms with van der Waals surface area (Å²) in [5.74, 6) is -2.46. The number of rotatable bonds is 6. The van der Waals surface area contributed by atoms with Crippen LogP contribution in [0.5, 0.6) is 0 Å². The van der Waals surface area contributed by atoms with Crippen LogP contribution in [0.4, 0.5) is 5.00 Å². The van der Waals surface area contributed by atoms with Gasteiger partial charge in [0.25, 0.3) is 5.91 Å². The summed E-state index contributed by atoms with van der Waals surface area (Å²) in [6, 6.07) is 2.84. The number of aliphatic carboxylic acids is 1. The summed E-state index contributed by atoms with van der Waals surface area (Å²) in [5.41, 5.74) is -1.49. The first-order valence-corrected chi connectivity index (χ1v) is 11.5. The van der Waals surface area contributed by atoms with Gasteiger partial charge in [0.2, 0.25) is 5.91 Å². The van der Waals surface area contributed by atoms with Gasteiger partial charge in [-0.25, -0.2) is 0 Å². The predicted molar refractivity (Wildman–Crippen MR) is 106 cm³/mol. The number of amides is 2. The number of carboxylic acid groups (broad SMARTS) is 1. The first-order chi connectivity index (χ1) is 13.2. The standard InChI is InChI=1S/C17H20N2O6S3.Na/c1-10(20)19(12-5-4-6-27-12)13-14(22)18-7-16(15(23)24,8-25-11(2)21)9-28-17(13,18)26-3;/h4-6,13H,7-9H2,1-3H3,(H,23,24);/q;+1/p-1/t13?,16?,17-;/m1./s1. The van der Waals surface area contributed by atoms with Crippen LogP contribution in [0.3, 0.4) is 0 Å². The fourth-order valence-electron chi connectivity index (χ4n) is 3.41. The van der Waals surface area contributed by atoms with Gasteiger partial charge < -0.3 is 19.5 Å². The molecule has 2 aliphatic heterocycles. The molecule has 2 amide bonds. The van der Waals surface area contributed by atoms with Crippen LogP contribution in [0.1, 0.15) is 13.8 Å². The van der Waals surface area contributed by atoms with Crippen LogP contribution < -0.4 is 39.6 Å². The van der Waals surface area contributed by atoms with E-state index < -0.39 is 27.6 Å². The fourth-order valence-corrected chi connectivity index (χ4v) is 7.11. The largest absolute Gasteiger partial charge is 1.00 e. The summed E-state index contributed by atoms with van der Waals surface area (Å²) in [6.45, 7) is 2.10. The number of nitrogens with zero attached hydrogens (tertiary/aromatic N) is 2. The van der Waals surface area contributed by atoms with Gasteiger partial charge in [-0.2, -0.15) is 0 Å². The summed E-state index contributed by atoms with van der Waals surface area (Å²) in [5, 5.41) is 14.3. The Morgan fingerprint density at radius 3 is 2.59 bits per heavy atom. The van der Waals surface area contributed by atoms with Crippen molar-refractivity contribution in [1.29, 1.82) is 0 Å². The molecule has 3 atom stereocenters. The van der Waals surface area contributed by atoms with E-state index in [0.29, 0.717) is 5.00 Å². The molecule has 0 N–H and O–H groups in total. The molecule has 29 heavy (non-hydrogen) atoms. The van der Waals surface area contributed by atoms with Gasteiger partial charge in [-0.15, -0.1) is 34.9 Å². The minimum Gasteiger partial charge on any atom is -0.549 e. The van der Waals surface area contributed by atoms with Crippen molar-refractivity contribution in [3.05, 3.63) is 17.5 Å². The second-order valence-electron chi connectivity index (χ2n) is 6.64. The minimum absolute atomic E-state index is 0. The molecule has 12 heteroatoms. The van der Waals surface area contributed by atoms with E-state index in [-0.39, 0.29) is 60.3 Å². The smallest absolute Gasteiger partial charge is 0.549 e. The van der Waals surface area contributed by atoms with E-state index >= 15 is 0 Å². The quantitative estimate of drug-likeness (QED) is 0.255. The molecule has 2 saturated heterocycles. The second kappa shape index (κ2) is 9.19. The van der Waals surface area contributed by atoms with Gasteiger partial charge in [-0.1, -0.05) is 0 Å². The van der Waals surface area contributed by atoms with Crippen molar-refractivity contribution in [2.24, 2.45) is 5.41 Å². The van der Waals surface area contributed by atoms with Crippen molar-refractivity contribution < 1.29 is 58.6 Å². The Morgan fingerprint density at radius 1 is 1.41 bits per heavy atom. The van der Waals surface area contributed by atoms with E-state index in [2.05, 4.69) is 0 Å². The topological polar surface area (TPSA) is 107 Å². The molecule has 3 heterocycles. The molecular formula is C17H19N2NaO6S3. The number of anilines is 1. The number of thioether (sulfide) groups is 2. The Bertz CT molecular complexity index is 822. The first-order valence-electron chi connectivity index (χ1n) is 8.37. The van der Waals surface area contributed by atoms with Crippen LogP contribution in [0.25, 0.3) is 0 Å². The normalized spacial score (nSPS) is 27.9. The number of hydrogen-bond donors (Lipinski definition) is 0. The number of fused-ring (bicyclic) bond motifs is 1. The summed E-state index contributed by atoms with van der Waals surface area (Å²) in [6.07, 6.45) is 1.82. The number of hydrogen-bond acceptors (Lipinski definition) is 9. The molecule has 0 aliphatic carbocycles. The monoisotopic (exact) mass is 466 g/mol. The average molecular weight is 467 g/mol. The Kier molecular flexibility index (Phi) is 7.78. The van der Waals surface area contributed by atoms with E-state index in [1.807, 2.05) is 11.6 Å². The van der Waals surface area contributed by atoms with Gasteiger partial charge in [0.05, 0.1) is 16.4 Å². The second-order valence-corrected chi connectivity index (χ2v) is 10.1. The summed E-state index contributed by atoms with van der Waals surface area (Å²) in [7, 11) is 0. The van der Waals surface area contributed by atoms with Gasteiger partial charge in [0, 0.05) is 26.1 Å². The molecule has 0 aromatic carbocycles. The number of ether oxygens (including phenoxy) is 1. The van der Waals surface area contributed by atoms with E-state index in [0.717, 1.165) is 0 Å². The molecule has 3 rings (SSSR count). The van der Waals surface area contributed by atoms with E-state index in [4.69, 9.17) is 4.74 Å². The van der Waals surface area contributed by atoms with Crippen molar-refractivity contribution in [2.45, 2.75) is 24.1 Å². The SMILES string of the molecule is CS[C@]12SCC(COC(C)=O)(C(=O)[O-])CN1C(=O)C2N(C(C)=O)c1cccs1.[Na+]. The van der Waals surface area contributed by atoms with Crippen LogP contribution in [-0.4, -0.2) is 64.1 Å². The zero-order valence-corrected chi connectivity index (χ0v) is 20.9. The predicted octanol–water partition coefficient (Wildman–Crippen LogP) is -2.62. The van der Waals surface area contributed by atoms with Crippen LogP contribution in [0.15, 0.2) is 17.5 Å². The van der Waals surface area contributed by atoms with E-state index in [1.54, 1.807) is 12.1 Å². The summed E-state index contributed by atoms with van der Waals surface area (Å²) < 4.78 is 4.14. The van der Waals surface area contributed by atoms with Crippen LogP contribution in [0, 0.1) is 5.41 Å². The van der Waals surface area contributed by atoms with Crippen LogP contribution >= 0.6 is 34.9 Å². The van der Waals surface area contributed by atoms with Crippen LogP contribution in [0.2, 0.25) is 0 Å². The summed E-state index contributed by atoms with van der Waals surface area (Å²) in [4.78, 5) is 51.3. The number of β-lactam (4-membered cyclic amide) rings is 1.